The molecule has 0 heterocycles. The fourth-order valence-corrected chi connectivity index (χ4v) is 2.45. The Morgan fingerprint density at radius 2 is 2.06 bits per heavy atom. The maximum absolute atomic E-state index is 12.0. The molecule has 0 aromatic heterocycles. The Hall–Kier alpha value is -0.320. The average molecular weight is 303 g/mol. The van der Waals surface area contributed by atoms with Gasteiger partial charge < -0.3 is 5.11 Å². The van der Waals surface area contributed by atoms with E-state index in [1.165, 1.54) is 0 Å². The van der Waals surface area contributed by atoms with Crippen molar-refractivity contribution in [1.82, 2.24) is 0 Å². The summed E-state index contributed by atoms with van der Waals surface area (Å²) in [6, 6.07) is 7.40. The summed E-state index contributed by atoms with van der Waals surface area (Å²) in [5, 5.41) is 8.61. The van der Waals surface area contributed by atoms with Crippen molar-refractivity contribution in [2.75, 3.05) is 12.4 Å². The second kappa shape index (κ2) is 7.09. The van der Waals surface area contributed by atoms with Crippen molar-refractivity contribution in [3.63, 3.8) is 0 Å². The standard InChI is InChI=1S/C12H15BrO2S/c1-9(16-8-2-7-14)12(15)10-3-5-11(13)6-4-10/h3-6,9,14H,2,7-8H2,1H3. The first-order chi connectivity index (χ1) is 7.65. The van der Waals surface area contributed by atoms with Crippen LogP contribution in [0.1, 0.15) is 23.7 Å². The molecule has 0 amide bonds. The van der Waals surface area contributed by atoms with Crippen LogP contribution in [0.5, 0.6) is 0 Å². The lowest BCUT2D eigenvalue weighted by atomic mass is 10.1. The van der Waals surface area contributed by atoms with Crippen LogP contribution in [0.4, 0.5) is 0 Å². The van der Waals surface area contributed by atoms with Crippen molar-refractivity contribution in [2.45, 2.75) is 18.6 Å². The Balaban J connectivity index is 2.53. The summed E-state index contributed by atoms with van der Waals surface area (Å²) in [6.45, 7) is 2.10. The van der Waals surface area contributed by atoms with Gasteiger partial charge in [-0.3, -0.25) is 4.79 Å². The van der Waals surface area contributed by atoms with Gasteiger partial charge in [0, 0.05) is 16.6 Å². The molecule has 1 N–H and O–H groups in total. The third-order valence-electron chi connectivity index (χ3n) is 2.17. The molecule has 1 aromatic rings. The van der Waals surface area contributed by atoms with Gasteiger partial charge in [-0.1, -0.05) is 28.1 Å². The van der Waals surface area contributed by atoms with E-state index < -0.39 is 0 Å². The van der Waals surface area contributed by atoms with E-state index in [-0.39, 0.29) is 17.6 Å². The number of aliphatic hydroxyl groups excluding tert-OH is 1. The molecule has 2 nitrogen and oxygen atoms in total. The van der Waals surface area contributed by atoms with E-state index in [0.29, 0.717) is 0 Å². The summed E-state index contributed by atoms with van der Waals surface area (Å²) in [6.07, 6.45) is 0.739. The zero-order chi connectivity index (χ0) is 12.0. The van der Waals surface area contributed by atoms with Gasteiger partial charge in [0.25, 0.3) is 0 Å². The number of benzene rings is 1. The first kappa shape index (κ1) is 13.7. The van der Waals surface area contributed by atoms with Crippen LogP contribution in [0, 0.1) is 0 Å². The molecule has 0 radical (unpaired) electrons. The Labute approximate surface area is 109 Å². The molecule has 1 unspecified atom stereocenters. The lowest BCUT2D eigenvalue weighted by Gasteiger charge is -2.09. The van der Waals surface area contributed by atoms with Gasteiger partial charge >= 0.3 is 0 Å². The van der Waals surface area contributed by atoms with Crippen molar-refractivity contribution < 1.29 is 9.90 Å². The van der Waals surface area contributed by atoms with Gasteiger partial charge in [-0.15, -0.1) is 0 Å². The first-order valence-electron chi connectivity index (χ1n) is 5.17. The smallest absolute Gasteiger partial charge is 0.175 e. The van der Waals surface area contributed by atoms with Gasteiger partial charge in [-0.25, -0.2) is 0 Å². The summed E-state index contributed by atoms with van der Waals surface area (Å²) < 4.78 is 0.977. The molecular formula is C12H15BrO2S. The number of thioether (sulfide) groups is 1. The molecule has 1 rings (SSSR count). The molecule has 1 aromatic carbocycles. The summed E-state index contributed by atoms with van der Waals surface area (Å²) in [5.74, 6) is 0.968. The molecule has 88 valence electrons. The Bertz CT molecular complexity index is 337. The monoisotopic (exact) mass is 302 g/mol. The van der Waals surface area contributed by atoms with Crippen molar-refractivity contribution in [3.05, 3.63) is 34.3 Å². The number of carbonyl (C=O) groups excluding carboxylic acids is 1. The topological polar surface area (TPSA) is 37.3 Å². The van der Waals surface area contributed by atoms with Crippen LogP contribution in [0.2, 0.25) is 0 Å². The van der Waals surface area contributed by atoms with Crippen LogP contribution in [-0.2, 0) is 0 Å². The van der Waals surface area contributed by atoms with E-state index >= 15 is 0 Å². The van der Waals surface area contributed by atoms with Crippen molar-refractivity contribution in [2.24, 2.45) is 0 Å². The van der Waals surface area contributed by atoms with Crippen molar-refractivity contribution in [3.8, 4) is 0 Å². The number of carbonyl (C=O) groups is 1. The highest BCUT2D eigenvalue weighted by Crippen LogP contribution is 2.18. The third kappa shape index (κ3) is 4.28. The number of hydrogen-bond acceptors (Lipinski definition) is 3. The quantitative estimate of drug-likeness (QED) is 0.648. The molecule has 0 aliphatic carbocycles. The molecule has 0 bridgehead atoms. The maximum atomic E-state index is 12.0. The van der Waals surface area contributed by atoms with Crippen LogP contribution >= 0.6 is 27.7 Å². The van der Waals surface area contributed by atoms with E-state index in [9.17, 15) is 4.79 Å². The van der Waals surface area contributed by atoms with Crippen LogP contribution in [0.3, 0.4) is 0 Å². The fourth-order valence-electron chi connectivity index (χ4n) is 1.25. The zero-order valence-corrected chi connectivity index (χ0v) is 11.6. The van der Waals surface area contributed by atoms with E-state index in [1.807, 2.05) is 31.2 Å². The van der Waals surface area contributed by atoms with Crippen molar-refractivity contribution >= 4 is 33.5 Å². The highest BCUT2D eigenvalue weighted by Gasteiger charge is 2.14. The second-order valence-electron chi connectivity index (χ2n) is 3.46. The predicted molar refractivity (Wildman–Crippen MR) is 72.1 cm³/mol. The minimum Gasteiger partial charge on any atom is -0.396 e. The molecule has 0 saturated carbocycles. The number of hydrogen-bond donors (Lipinski definition) is 1. The molecule has 16 heavy (non-hydrogen) atoms. The highest BCUT2D eigenvalue weighted by atomic mass is 79.9. The van der Waals surface area contributed by atoms with Crippen LogP contribution in [0.25, 0.3) is 0 Å². The van der Waals surface area contributed by atoms with Crippen LogP contribution in [0.15, 0.2) is 28.7 Å². The molecule has 0 saturated heterocycles. The van der Waals surface area contributed by atoms with Crippen molar-refractivity contribution in [1.29, 1.82) is 0 Å². The first-order valence-corrected chi connectivity index (χ1v) is 7.01. The van der Waals surface area contributed by atoms with Gasteiger partial charge in [-0.2, -0.15) is 11.8 Å². The summed E-state index contributed by atoms with van der Waals surface area (Å²) in [7, 11) is 0. The Morgan fingerprint density at radius 1 is 1.44 bits per heavy atom. The molecule has 0 fully saturated rings. The summed E-state index contributed by atoms with van der Waals surface area (Å²) >= 11 is 4.93. The lowest BCUT2D eigenvalue weighted by Crippen LogP contribution is -2.14. The number of rotatable bonds is 6. The van der Waals surface area contributed by atoms with Gasteiger partial charge in [-0.05, 0) is 31.2 Å². The minimum absolute atomic E-state index is 0.0484. The van der Waals surface area contributed by atoms with E-state index in [4.69, 9.17) is 5.11 Å². The van der Waals surface area contributed by atoms with Crippen LogP contribution in [-0.4, -0.2) is 28.5 Å². The van der Waals surface area contributed by atoms with Gasteiger partial charge in [0.1, 0.15) is 0 Å². The maximum Gasteiger partial charge on any atom is 0.175 e. The molecule has 0 aliphatic heterocycles. The number of Topliss-reactive ketones (excluding diaryl/α,β-unsaturated/α-hetero) is 1. The number of aliphatic hydroxyl groups is 1. The van der Waals surface area contributed by atoms with E-state index in [0.717, 1.165) is 22.2 Å². The number of ketones is 1. The van der Waals surface area contributed by atoms with Crippen LogP contribution < -0.4 is 0 Å². The lowest BCUT2D eigenvalue weighted by molar-refractivity contribution is 0.0994. The number of halogens is 1. The van der Waals surface area contributed by atoms with E-state index in [1.54, 1.807) is 11.8 Å². The second-order valence-corrected chi connectivity index (χ2v) is 5.83. The van der Waals surface area contributed by atoms with Gasteiger partial charge in [0.05, 0.1) is 5.25 Å². The normalized spacial score (nSPS) is 12.4. The predicted octanol–water partition coefficient (Wildman–Crippen LogP) is 3.14. The molecule has 0 aliphatic rings. The SMILES string of the molecule is CC(SCCCO)C(=O)c1ccc(Br)cc1. The highest BCUT2D eigenvalue weighted by molar-refractivity contribution is 9.10. The summed E-state index contributed by atoms with van der Waals surface area (Å²) in [5.41, 5.74) is 0.743. The zero-order valence-electron chi connectivity index (χ0n) is 9.15. The largest absolute Gasteiger partial charge is 0.396 e. The third-order valence-corrected chi connectivity index (χ3v) is 3.94. The molecule has 0 spiro atoms. The molecule has 1 atom stereocenters. The molecular weight excluding hydrogens is 288 g/mol. The average Bonchev–Trinajstić information content (AvgIpc) is 2.29. The summed E-state index contributed by atoms with van der Waals surface area (Å²) in [4.78, 5) is 12.0. The van der Waals surface area contributed by atoms with Gasteiger partial charge in [0.15, 0.2) is 5.78 Å². The Kier molecular flexibility index (Phi) is 6.09. The van der Waals surface area contributed by atoms with E-state index in [2.05, 4.69) is 15.9 Å². The van der Waals surface area contributed by atoms with Gasteiger partial charge in [0.2, 0.25) is 0 Å². The molecule has 4 heteroatoms. The minimum atomic E-state index is -0.0484. The Morgan fingerprint density at radius 3 is 2.62 bits per heavy atom. The fraction of sp³-hybridized carbons (Fsp3) is 0.417.